The number of aryl methyl sites for hydroxylation is 1. The van der Waals surface area contributed by atoms with Crippen molar-refractivity contribution in [2.24, 2.45) is 5.92 Å². The number of nitrogens with zero attached hydrogens (tertiary/aromatic N) is 5. The van der Waals surface area contributed by atoms with Gasteiger partial charge in [-0.15, -0.1) is 5.10 Å². The Morgan fingerprint density at radius 3 is 2.59 bits per heavy atom. The van der Waals surface area contributed by atoms with E-state index in [-0.39, 0.29) is 11.7 Å². The fourth-order valence-corrected chi connectivity index (χ4v) is 4.50. The summed E-state index contributed by atoms with van der Waals surface area (Å²) in [7, 11) is 1.97. The van der Waals surface area contributed by atoms with E-state index < -0.39 is 5.54 Å². The van der Waals surface area contributed by atoms with Gasteiger partial charge in [0.15, 0.2) is 0 Å². The van der Waals surface area contributed by atoms with Gasteiger partial charge in [0.1, 0.15) is 5.82 Å². The maximum absolute atomic E-state index is 14.3. The summed E-state index contributed by atoms with van der Waals surface area (Å²) in [5.74, 6) is 0.755. The van der Waals surface area contributed by atoms with Gasteiger partial charge in [-0.05, 0) is 48.4 Å². The SMILES string of the molecule is Cc1nnc(N(C)[C@@]2(C(C)C)CC[C@H](C)c3cc(-c4ccccc4F)nnc32)o1. The molecule has 0 bridgehead atoms. The molecule has 4 rings (SSSR count). The van der Waals surface area contributed by atoms with Crippen molar-refractivity contribution in [1.29, 1.82) is 0 Å². The van der Waals surface area contributed by atoms with E-state index in [1.54, 1.807) is 19.1 Å². The second-order valence-corrected chi connectivity index (χ2v) is 8.19. The molecule has 3 aromatic rings. The summed E-state index contributed by atoms with van der Waals surface area (Å²) in [6.07, 6.45) is 1.87. The van der Waals surface area contributed by atoms with Crippen molar-refractivity contribution in [1.82, 2.24) is 20.4 Å². The predicted molar refractivity (Wildman–Crippen MR) is 109 cm³/mol. The first-order valence-electron chi connectivity index (χ1n) is 10.0. The molecule has 0 radical (unpaired) electrons. The van der Waals surface area contributed by atoms with Gasteiger partial charge in [0.2, 0.25) is 5.89 Å². The first-order chi connectivity index (χ1) is 13.8. The molecule has 0 N–H and O–H groups in total. The highest BCUT2D eigenvalue weighted by Gasteiger charge is 2.48. The van der Waals surface area contributed by atoms with Gasteiger partial charge in [0.05, 0.1) is 16.9 Å². The molecule has 1 aliphatic rings. The Labute approximate surface area is 170 Å². The first kappa shape index (κ1) is 19.5. The molecule has 2 heterocycles. The van der Waals surface area contributed by atoms with Gasteiger partial charge in [-0.2, -0.15) is 10.2 Å². The lowest BCUT2D eigenvalue weighted by Crippen LogP contribution is -2.51. The Hall–Kier alpha value is -2.83. The number of hydrogen-bond acceptors (Lipinski definition) is 6. The fourth-order valence-electron chi connectivity index (χ4n) is 4.50. The van der Waals surface area contributed by atoms with Crippen LogP contribution in [-0.2, 0) is 5.54 Å². The summed E-state index contributed by atoms with van der Waals surface area (Å²) in [5, 5.41) is 17.3. The zero-order valence-electron chi connectivity index (χ0n) is 17.5. The topological polar surface area (TPSA) is 67.9 Å². The molecule has 0 fully saturated rings. The molecule has 7 heteroatoms. The average Bonchev–Trinajstić information content (AvgIpc) is 3.14. The van der Waals surface area contributed by atoms with Gasteiger partial charge in [0, 0.05) is 19.5 Å². The van der Waals surface area contributed by atoms with Crippen LogP contribution in [-0.4, -0.2) is 27.4 Å². The summed E-state index contributed by atoms with van der Waals surface area (Å²) >= 11 is 0. The zero-order valence-corrected chi connectivity index (χ0v) is 17.5. The van der Waals surface area contributed by atoms with E-state index in [1.165, 1.54) is 6.07 Å². The minimum atomic E-state index is -0.429. The molecular weight excluding hydrogens is 369 g/mol. The second kappa shape index (κ2) is 7.21. The maximum Gasteiger partial charge on any atom is 0.318 e. The summed E-state index contributed by atoms with van der Waals surface area (Å²) in [6, 6.07) is 9.14. The molecule has 0 amide bonds. The molecule has 29 heavy (non-hydrogen) atoms. The third-order valence-electron chi connectivity index (χ3n) is 6.23. The minimum Gasteiger partial charge on any atom is -0.408 e. The fraction of sp³-hybridized carbons (Fsp3) is 0.455. The van der Waals surface area contributed by atoms with Crippen LogP contribution in [0.5, 0.6) is 0 Å². The lowest BCUT2D eigenvalue weighted by molar-refractivity contribution is 0.227. The summed E-state index contributed by atoms with van der Waals surface area (Å²) in [6.45, 7) is 8.31. The minimum absolute atomic E-state index is 0.222. The third-order valence-corrected chi connectivity index (χ3v) is 6.23. The summed E-state index contributed by atoms with van der Waals surface area (Å²) in [4.78, 5) is 2.04. The molecule has 1 aromatic carbocycles. The monoisotopic (exact) mass is 395 g/mol. The Morgan fingerprint density at radius 1 is 1.17 bits per heavy atom. The number of hydrogen-bond donors (Lipinski definition) is 0. The lowest BCUT2D eigenvalue weighted by atomic mass is 9.69. The zero-order chi connectivity index (χ0) is 20.8. The van der Waals surface area contributed by atoms with Crippen molar-refractivity contribution in [3.63, 3.8) is 0 Å². The molecule has 1 aliphatic carbocycles. The van der Waals surface area contributed by atoms with Gasteiger partial charge >= 0.3 is 6.01 Å². The Morgan fingerprint density at radius 2 is 1.93 bits per heavy atom. The average molecular weight is 395 g/mol. The van der Waals surface area contributed by atoms with E-state index in [0.717, 1.165) is 24.1 Å². The van der Waals surface area contributed by atoms with E-state index in [1.807, 2.05) is 24.1 Å². The maximum atomic E-state index is 14.3. The largest absolute Gasteiger partial charge is 0.408 e. The van der Waals surface area contributed by atoms with Crippen LogP contribution in [0.3, 0.4) is 0 Å². The van der Waals surface area contributed by atoms with Crippen LogP contribution in [0.25, 0.3) is 11.3 Å². The molecule has 0 aliphatic heterocycles. The highest BCUT2D eigenvalue weighted by Crippen LogP contribution is 2.49. The van der Waals surface area contributed by atoms with Crippen LogP contribution < -0.4 is 4.90 Å². The van der Waals surface area contributed by atoms with Crippen LogP contribution in [0.2, 0.25) is 0 Å². The second-order valence-electron chi connectivity index (χ2n) is 8.19. The molecule has 6 nitrogen and oxygen atoms in total. The lowest BCUT2D eigenvalue weighted by Gasteiger charge is -2.48. The van der Waals surface area contributed by atoms with E-state index >= 15 is 0 Å². The number of fused-ring (bicyclic) bond motifs is 1. The van der Waals surface area contributed by atoms with Crippen LogP contribution in [0.15, 0.2) is 34.7 Å². The van der Waals surface area contributed by atoms with Crippen molar-refractivity contribution >= 4 is 6.01 Å². The third kappa shape index (κ3) is 3.09. The van der Waals surface area contributed by atoms with Crippen LogP contribution in [0, 0.1) is 18.7 Å². The van der Waals surface area contributed by atoms with Crippen molar-refractivity contribution in [2.75, 3.05) is 11.9 Å². The quantitative estimate of drug-likeness (QED) is 0.628. The van der Waals surface area contributed by atoms with E-state index in [9.17, 15) is 4.39 Å². The normalized spacial score (nSPS) is 21.3. The van der Waals surface area contributed by atoms with Gasteiger partial charge < -0.3 is 9.32 Å². The van der Waals surface area contributed by atoms with Crippen molar-refractivity contribution in [3.8, 4) is 11.3 Å². The Balaban J connectivity index is 1.87. The highest BCUT2D eigenvalue weighted by molar-refractivity contribution is 5.61. The van der Waals surface area contributed by atoms with Crippen LogP contribution in [0.4, 0.5) is 10.4 Å². The summed E-state index contributed by atoms with van der Waals surface area (Å²) < 4.78 is 20.1. The molecule has 0 saturated heterocycles. The molecule has 2 aromatic heterocycles. The molecule has 0 unspecified atom stereocenters. The smallest absolute Gasteiger partial charge is 0.318 e. The van der Waals surface area contributed by atoms with Gasteiger partial charge in [-0.3, -0.25) is 0 Å². The Kier molecular flexibility index (Phi) is 4.84. The number of halogens is 1. The molecule has 2 atom stereocenters. The number of aromatic nitrogens is 4. The van der Waals surface area contributed by atoms with E-state index in [2.05, 4.69) is 41.2 Å². The highest BCUT2D eigenvalue weighted by atomic mass is 19.1. The summed E-state index contributed by atoms with van der Waals surface area (Å²) in [5.41, 5.74) is 2.61. The van der Waals surface area contributed by atoms with Gasteiger partial charge in [0.25, 0.3) is 0 Å². The predicted octanol–water partition coefficient (Wildman–Crippen LogP) is 4.86. The van der Waals surface area contributed by atoms with Gasteiger partial charge in [-0.1, -0.05) is 38.0 Å². The van der Waals surface area contributed by atoms with E-state index in [0.29, 0.717) is 29.1 Å². The van der Waals surface area contributed by atoms with Crippen molar-refractivity contribution in [2.45, 2.75) is 52.0 Å². The number of rotatable bonds is 4. The first-order valence-corrected chi connectivity index (χ1v) is 10.0. The Bertz CT molecular complexity index is 1030. The van der Waals surface area contributed by atoms with Crippen molar-refractivity contribution in [3.05, 3.63) is 53.3 Å². The van der Waals surface area contributed by atoms with Crippen LogP contribution in [0.1, 0.15) is 56.7 Å². The van der Waals surface area contributed by atoms with Crippen LogP contribution >= 0.6 is 0 Å². The number of benzene rings is 1. The van der Waals surface area contributed by atoms with Gasteiger partial charge in [-0.25, -0.2) is 4.39 Å². The molecular formula is C22H26FN5O. The molecule has 0 spiro atoms. The van der Waals surface area contributed by atoms with Crippen molar-refractivity contribution < 1.29 is 8.81 Å². The van der Waals surface area contributed by atoms with E-state index in [4.69, 9.17) is 4.42 Å². The number of anilines is 1. The molecule has 0 saturated carbocycles. The molecule has 152 valence electrons. The standard InChI is InChI=1S/C22H26FN5O/c1-13(2)22(28(5)21-27-24-15(4)29-21)11-10-14(3)17-12-19(25-26-20(17)22)16-8-6-7-9-18(16)23/h6-9,12-14H,10-11H2,1-5H3/t14-,22+/m0/s1.